The van der Waals surface area contributed by atoms with Crippen molar-refractivity contribution in [3.63, 3.8) is 0 Å². The van der Waals surface area contributed by atoms with Gasteiger partial charge in [-0.25, -0.2) is 4.98 Å². The van der Waals surface area contributed by atoms with Crippen molar-refractivity contribution in [3.8, 4) is 11.5 Å². The van der Waals surface area contributed by atoms with Gasteiger partial charge in [-0.3, -0.25) is 9.78 Å². The Labute approximate surface area is 147 Å². The first-order chi connectivity index (χ1) is 12.2. The molecule has 2 aromatic rings. The highest BCUT2D eigenvalue weighted by Crippen LogP contribution is 2.19. The van der Waals surface area contributed by atoms with Crippen molar-refractivity contribution in [2.75, 3.05) is 38.2 Å². The van der Waals surface area contributed by atoms with Gasteiger partial charge in [-0.2, -0.15) is 0 Å². The molecule has 1 aliphatic heterocycles. The number of piperazine rings is 1. The van der Waals surface area contributed by atoms with Crippen molar-refractivity contribution in [1.82, 2.24) is 14.9 Å². The summed E-state index contributed by atoms with van der Waals surface area (Å²) >= 11 is 0. The van der Waals surface area contributed by atoms with E-state index in [0.29, 0.717) is 18.8 Å². The highest BCUT2D eigenvalue weighted by Gasteiger charge is 2.26. The van der Waals surface area contributed by atoms with Gasteiger partial charge in [0, 0.05) is 38.6 Å². The van der Waals surface area contributed by atoms with Crippen LogP contribution >= 0.6 is 0 Å². The molecular formula is C18H22N4O3. The minimum Gasteiger partial charge on any atom is -0.497 e. The van der Waals surface area contributed by atoms with E-state index in [4.69, 9.17) is 9.47 Å². The van der Waals surface area contributed by atoms with Crippen molar-refractivity contribution in [1.29, 1.82) is 0 Å². The number of amides is 1. The molecule has 1 fully saturated rings. The number of hydrogen-bond donors (Lipinski definition) is 0. The smallest absolute Gasteiger partial charge is 0.263 e. The van der Waals surface area contributed by atoms with Crippen molar-refractivity contribution < 1.29 is 14.3 Å². The first-order valence-electron chi connectivity index (χ1n) is 8.28. The molecular weight excluding hydrogens is 320 g/mol. The molecule has 25 heavy (non-hydrogen) atoms. The number of benzene rings is 1. The molecule has 0 aliphatic carbocycles. The van der Waals surface area contributed by atoms with E-state index in [0.717, 1.165) is 24.7 Å². The van der Waals surface area contributed by atoms with Crippen LogP contribution in [0.4, 0.5) is 5.82 Å². The fraction of sp³-hybridized carbons (Fsp3) is 0.389. The molecule has 0 spiro atoms. The molecule has 0 bridgehead atoms. The average molecular weight is 342 g/mol. The van der Waals surface area contributed by atoms with Crippen molar-refractivity contribution >= 4 is 11.7 Å². The largest absolute Gasteiger partial charge is 0.497 e. The van der Waals surface area contributed by atoms with Crippen LogP contribution in [0, 0.1) is 0 Å². The van der Waals surface area contributed by atoms with E-state index in [-0.39, 0.29) is 5.91 Å². The summed E-state index contributed by atoms with van der Waals surface area (Å²) in [5.41, 5.74) is 0. The fourth-order valence-corrected chi connectivity index (χ4v) is 2.78. The Balaban J connectivity index is 1.52. The number of nitrogens with zero attached hydrogens (tertiary/aromatic N) is 4. The van der Waals surface area contributed by atoms with E-state index in [9.17, 15) is 4.79 Å². The first kappa shape index (κ1) is 17.0. The van der Waals surface area contributed by atoms with Crippen LogP contribution in [0.25, 0.3) is 0 Å². The summed E-state index contributed by atoms with van der Waals surface area (Å²) in [5.74, 6) is 2.25. The molecule has 1 atom stereocenters. The number of carbonyl (C=O) groups excluding carboxylic acids is 1. The van der Waals surface area contributed by atoms with Crippen LogP contribution in [-0.2, 0) is 4.79 Å². The fourth-order valence-electron chi connectivity index (χ4n) is 2.78. The third-order valence-electron chi connectivity index (χ3n) is 4.18. The van der Waals surface area contributed by atoms with Gasteiger partial charge in [0.15, 0.2) is 6.10 Å². The van der Waals surface area contributed by atoms with Gasteiger partial charge in [0.05, 0.1) is 13.3 Å². The quantitative estimate of drug-likeness (QED) is 0.822. The zero-order valence-electron chi connectivity index (χ0n) is 14.5. The maximum atomic E-state index is 12.6. The number of ether oxygens (including phenoxy) is 2. The Kier molecular flexibility index (Phi) is 5.33. The topological polar surface area (TPSA) is 67.8 Å². The van der Waals surface area contributed by atoms with Crippen molar-refractivity contribution in [3.05, 3.63) is 42.9 Å². The molecule has 1 amide bonds. The van der Waals surface area contributed by atoms with Crippen molar-refractivity contribution in [2.24, 2.45) is 0 Å². The third kappa shape index (κ3) is 4.17. The molecule has 7 heteroatoms. The molecule has 1 aromatic carbocycles. The average Bonchev–Trinajstić information content (AvgIpc) is 2.69. The molecule has 1 aliphatic rings. The van der Waals surface area contributed by atoms with E-state index < -0.39 is 6.10 Å². The highest BCUT2D eigenvalue weighted by molar-refractivity contribution is 5.81. The Morgan fingerprint density at radius 3 is 2.36 bits per heavy atom. The Bertz CT molecular complexity index is 685. The molecule has 2 heterocycles. The van der Waals surface area contributed by atoms with E-state index in [1.165, 1.54) is 0 Å². The Morgan fingerprint density at radius 2 is 1.76 bits per heavy atom. The SMILES string of the molecule is COc1ccc(O[C@@H](C)C(=O)N2CCN(c3cnccn3)CC2)cc1. The molecule has 132 valence electrons. The standard InChI is InChI=1S/C18H22N4O3/c1-14(25-16-5-3-15(24-2)4-6-16)18(23)22-11-9-21(10-12-22)17-13-19-7-8-20-17/h3-8,13-14H,9-12H2,1-2H3/t14-/m0/s1. The Hall–Kier alpha value is -2.83. The summed E-state index contributed by atoms with van der Waals surface area (Å²) in [5, 5.41) is 0. The summed E-state index contributed by atoms with van der Waals surface area (Å²) in [4.78, 5) is 25.0. The van der Waals surface area contributed by atoms with Gasteiger partial charge in [0.25, 0.3) is 5.91 Å². The molecule has 1 aromatic heterocycles. The lowest BCUT2D eigenvalue weighted by molar-refractivity contribution is -0.138. The lowest BCUT2D eigenvalue weighted by atomic mass is 10.2. The number of aromatic nitrogens is 2. The number of rotatable bonds is 5. The second-order valence-corrected chi connectivity index (χ2v) is 5.81. The van der Waals surface area contributed by atoms with Gasteiger partial charge in [0.1, 0.15) is 17.3 Å². The van der Waals surface area contributed by atoms with Gasteiger partial charge in [-0.1, -0.05) is 0 Å². The number of methoxy groups -OCH3 is 1. The molecule has 0 N–H and O–H groups in total. The van der Waals surface area contributed by atoms with Gasteiger partial charge in [-0.15, -0.1) is 0 Å². The summed E-state index contributed by atoms with van der Waals surface area (Å²) in [6.45, 7) is 4.54. The number of hydrogen-bond acceptors (Lipinski definition) is 6. The van der Waals surface area contributed by atoms with Crippen LogP contribution < -0.4 is 14.4 Å². The second kappa shape index (κ2) is 7.83. The van der Waals surface area contributed by atoms with E-state index in [1.807, 2.05) is 17.0 Å². The highest BCUT2D eigenvalue weighted by atomic mass is 16.5. The minimum atomic E-state index is -0.531. The zero-order chi connectivity index (χ0) is 17.6. The monoisotopic (exact) mass is 342 g/mol. The Morgan fingerprint density at radius 1 is 1.08 bits per heavy atom. The second-order valence-electron chi connectivity index (χ2n) is 5.81. The summed E-state index contributed by atoms with van der Waals surface area (Å²) in [6, 6.07) is 7.22. The minimum absolute atomic E-state index is 0.00499. The number of anilines is 1. The van der Waals surface area contributed by atoms with Gasteiger partial charge in [-0.05, 0) is 31.2 Å². The third-order valence-corrected chi connectivity index (χ3v) is 4.18. The van der Waals surface area contributed by atoms with Crippen LogP contribution in [0.1, 0.15) is 6.92 Å². The van der Waals surface area contributed by atoms with Crippen LogP contribution in [-0.4, -0.2) is 60.2 Å². The summed E-state index contributed by atoms with van der Waals surface area (Å²) in [6.07, 6.45) is 4.54. The number of carbonyl (C=O) groups is 1. The van der Waals surface area contributed by atoms with Gasteiger partial charge >= 0.3 is 0 Å². The molecule has 0 radical (unpaired) electrons. The van der Waals surface area contributed by atoms with E-state index in [1.54, 1.807) is 44.8 Å². The van der Waals surface area contributed by atoms with E-state index in [2.05, 4.69) is 14.9 Å². The van der Waals surface area contributed by atoms with Gasteiger partial charge in [0.2, 0.25) is 0 Å². The maximum absolute atomic E-state index is 12.6. The molecule has 0 saturated carbocycles. The molecule has 1 saturated heterocycles. The first-order valence-corrected chi connectivity index (χ1v) is 8.28. The van der Waals surface area contributed by atoms with Crippen molar-refractivity contribution in [2.45, 2.75) is 13.0 Å². The predicted molar refractivity (Wildman–Crippen MR) is 93.9 cm³/mol. The van der Waals surface area contributed by atoms with Crippen LogP contribution in [0.15, 0.2) is 42.9 Å². The van der Waals surface area contributed by atoms with Gasteiger partial charge < -0.3 is 19.3 Å². The van der Waals surface area contributed by atoms with E-state index >= 15 is 0 Å². The molecule has 3 rings (SSSR count). The summed E-state index contributed by atoms with van der Waals surface area (Å²) < 4.78 is 10.9. The zero-order valence-corrected chi connectivity index (χ0v) is 14.5. The lowest BCUT2D eigenvalue weighted by Crippen LogP contribution is -2.52. The maximum Gasteiger partial charge on any atom is 0.263 e. The lowest BCUT2D eigenvalue weighted by Gasteiger charge is -2.36. The molecule has 0 unspecified atom stereocenters. The van der Waals surface area contributed by atoms with Crippen LogP contribution in [0.5, 0.6) is 11.5 Å². The normalized spacial score (nSPS) is 15.6. The predicted octanol–water partition coefficient (Wildman–Crippen LogP) is 1.60. The summed E-state index contributed by atoms with van der Waals surface area (Å²) in [7, 11) is 1.61. The van der Waals surface area contributed by atoms with Crippen LogP contribution in [0.3, 0.4) is 0 Å². The van der Waals surface area contributed by atoms with Crippen LogP contribution in [0.2, 0.25) is 0 Å². The molecule has 7 nitrogen and oxygen atoms in total.